The van der Waals surface area contributed by atoms with Crippen molar-refractivity contribution in [2.24, 2.45) is 5.92 Å². The second-order valence-corrected chi connectivity index (χ2v) is 5.60. The van der Waals surface area contributed by atoms with E-state index in [9.17, 15) is 4.79 Å². The van der Waals surface area contributed by atoms with E-state index in [4.69, 9.17) is 11.6 Å². The van der Waals surface area contributed by atoms with Crippen molar-refractivity contribution < 1.29 is 4.79 Å². The number of carbonyl (C=O) groups is 1. The van der Waals surface area contributed by atoms with Crippen LogP contribution in [0.5, 0.6) is 0 Å². The molecule has 0 aromatic heterocycles. The molecule has 1 aliphatic heterocycles. The minimum atomic E-state index is 0.0541. The van der Waals surface area contributed by atoms with Gasteiger partial charge in [-0.25, -0.2) is 0 Å². The zero-order valence-electron chi connectivity index (χ0n) is 9.75. The molecule has 2 nitrogen and oxygen atoms in total. The van der Waals surface area contributed by atoms with E-state index < -0.39 is 0 Å². The van der Waals surface area contributed by atoms with E-state index in [1.807, 2.05) is 30.0 Å². The summed E-state index contributed by atoms with van der Waals surface area (Å²) in [6.07, 6.45) is 1.07. The monoisotopic (exact) mass is 315 g/mol. The second kappa shape index (κ2) is 5.40. The lowest BCUT2D eigenvalue weighted by atomic mass is 10.1. The Labute approximate surface area is 115 Å². The highest BCUT2D eigenvalue weighted by molar-refractivity contribution is 9.09. The smallest absolute Gasteiger partial charge is 0.255 e. The molecule has 4 heteroatoms. The lowest BCUT2D eigenvalue weighted by Crippen LogP contribution is -2.29. The fourth-order valence-electron chi connectivity index (χ4n) is 2.11. The Morgan fingerprint density at radius 3 is 2.94 bits per heavy atom. The minimum absolute atomic E-state index is 0.0541. The van der Waals surface area contributed by atoms with Crippen molar-refractivity contribution in [3.05, 3.63) is 34.3 Å². The first-order valence-electron chi connectivity index (χ1n) is 5.73. The van der Waals surface area contributed by atoms with Crippen molar-refractivity contribution in [2.45, 2.75) is 13.3 Å². The van der Waals surface area contributed by atoms with Crippen LogP contribution in [-0.4, -0.2) is 29.2 Å². The number of carbonyl (C=O) groups excluding carboxylic acids is 1. The molecule has 1 atom stereocenters. The van der Waals surface area contributed by atoms with Crippen LogP contribution in [0.3, 0.4) is 0 Å². The minimum Gasteiger partial charge on any atom is -0.338 e. The maximum atomic E-state index is 12.3. The average Bonchev–Trinajstić information content (AvgIpc) is 2.76. The molecule has 0 N–H and O–H groups in total. The molecule has 1 aromatic carbocycles. The average molecular weight is 317 g/mol. The van der Waals surface area contributed by atoms with Gasteiger partial charge >= 0.3 is 0 Å². The SMILES string of the molecule is Cc1ccc(C(=O)N2CCC(CBr)C2)c(Cl)c1. The van der Waals surface area contributed by atoms with Crippen LogP contribution in [0.2, 0.25) is 5.02 Å². The third-order valence-electron chi connectivity index (χ3n) is 3.15. The molecule has 0 spiro atoms. The normalized spacial score (nSPS) is 19.7. The Kier molecular flexibility index (Phi) is 4.10. The fourth-order valence-corrected chi connectivity index (χ4v) is 2.95. The van der Waals surface area contributed by atoms with E-state index in [1.54, 1.807) is 0 Å². The zero-order valence-corrected chi connectivity index (χ0v) is 12.1. The molecule has 0 aliphatic carbocycles. The topological polar surface area (TPSA) is 20.3 Å². The van der Waals surface area contributed by atoms with Gasteiger partial charge in [0.05, 0.1) is 10.6 Å². The molecule has 0 bridgehead atoms. The molecule has 1 unspecified atom stereocenters. The highest BCUT2D eigenvalue weighted by Gasteiger charge is 2.27. The molecule has 2 rings (SSSR count). The molecular formula is C13H15BrClNO. The van der Waals surface area contributed by atoms with E-state index in [1.165, 1.54) is 0 Å². The Balaban J connectivity index is 2.15. The van der Waals surface area contributed by atoms with Gasteiger partial charge in [-0.05, 0) is 37.0 Å². The predicted molar refractivity (Wildman–Crippen MR) is 74.0 cm³/mol. The van der Waals surface area contributed by atoms with Crippen LogP contribution in [0.15, 0.2) is 18.2 Å². The molecule has 1 aromatic rings. The number of hydrogen-bond acceptors (Lipinski definition) is 1. The van der Waals surface area contributed by atoms with Crippen molar-refractivity contribution in [3.8, 4) is 0 Å². The van der Waals surface area contributed by atoms with Gasteiger partial charge in [0.2, 0.25) is 0 Å². The van der Waals surface area contributed by atoms with Gasteiger partial charge in [0.15, 0.2) is 0 Å². The number of likely N-dealkylation sites (tertiary alicyclic amines) is 1. The van der Waals surface area contributed by atoms with Crippen LogP contribution in [0, 0.1) is 12.8 Å². The first-order valence-corrected chi connectivity index (χ1v) is 7.23. The summed E-state index contributed by atoms with van der Waals surface area (Å²) in [6, 6.07) is 5.59. The molecule has 1 heterocycles. The highest BCUT2D eigenvalue weighted by Crippen LogP contribution is 2.24. The van der Waals surface area contributed by atoms with Gasteiger partial charge in [-0.1, -0.05) is 33.6 Å². The molecule has 1 amide bonds. The van der Waals surface area contributed by atoms with Crippen LogP contribution in [0.25, 0.3) is 0 Å². The molecule has 0 radical (unpaired) electrons. The van der Waals surface area contributed by atoms with Gasteiger partial charge in [-0.2, -0.15) is 0 Å². The Hall–Kier alpha value is -0.540. The number of alkyl halides is 1. The Morgan fingerprint density at radius 1 is 1.59 bits per heavy atom. The molecule has 1 aliphatic rings. The number of aryl methyl sites for hydroxylation is 1. The van der Waals surface area contributed by atoms with Crippen molar-refractivity contribution in [3.63, 3.8) is 0 Å². The third kappa shape index (κ3) is 2.83. The van der Waals surface area contributed by atoms with Gasteiger partial charge in [0, 0.05) is 18.4 Å². The van der Waals surface area contributed by atoms with Crippen molar-refractivity contribution in [2.75, 3.05) is 18.4 Å². The van der Waals surface area contributed by atoms with Crippen molar-refractivity contribution in [1.29, 1.82) is 0 Å². The maximum Gasteiger partial charge on any atom is 0.255 e. The van der Waals surface area contributed by atoms with Crippen LogP contribution in [-0.2, 0) is 0 Å². The second-order valence-electron chi connectivity index (χ2n) is 4.54. The van der Waals surface area contributed by atoms with E-state index >= 15 is 0 Å². The maximum absolute atomic E-state index is 12.3. The fraction of sp³-hybridized carbons (Fsp3) is 0.462. The van der Waals surface area contributed by atoms with Crippen LogP contribution in [0.4, 0.5) is 0 Å². The summed E-state index contributed by atoms with van der Waals surface area (Å²) in [4.78, 5) is 14.2. The molecule has 1 saturated heterocycles. The largest absolute Gasteiger partial charge is 0.338 e. The van der Waals surface area contributed by atoms with E-state index in [0.29, 0.717) is 16.5 Å². The summed E-state index contributed by atoms with van der Waals surface area (Å²) in [5.41, 5.74) is 1.69. The number of benzene rings is 1. The Bertz CT molecular complexity index is 435. The number of hydrogen-bond donors (Lipinski definition) is 0. The number of nitrogens with zero attached hydrogens (tertiary/aromatic N) is 1. The standard InChI is InChI=1S/C13H15BrClNO/c1-9-2-3-11(12(15)6-9)13(17)16-5-4-10(7-14)8-16/h2-3,6,10H,4-5,7-8H2,1H3. The Morgan fingerprint density at radius 2 is 2.35 bits per heavy atom. The summed E-state index contributed by atoms with van der Waals surface area (Å²) in [6.45, 7) is 3.63. The van der Waals surface area contributed by atoms with Gasteiger partial charge in [0.1, 0.15) is 0 Å². The van der Waals surface area contributed by atoms with Gasteiger partial charge in [0.25, 0.3) is 5.91 Å². The molecule has 92 valence electrons. The van der Waals surface area contributed by atoms with Crippen LogP contribution >= 0.6 is 27.5 Å². The predicted octanol–water partition coefficient (Wildman–Crippen LogP) is 3.51. The summed E-state index contributed by atoms with van der Waals surface area (Å²) in [5, 5.41) is 1.51. The third-order valence-corrected chi connectivity index (χ3v) is 4.37. The molecule has 0 saturated carbocycles. The van der Waals surface area contributed by atoms with E-state index in [2.05, 4.69) is 15.9 Å². The van der Waals surface area contributed by atoms with E-state index in [-0.39, 0.29) is 5.91 Å². The number of rotatable bonds is 2. The zero-order chi connectivity index (χ0) is 12.4. The summed E-state index contributed by atoms with van der Waals surface area (Å²) < 4.78 is 0. The number of halogens is 2. The van der Waals surface area contributed by atoms with Gasteiger partial charge in [-0.3, -0.25) is 4.79 Å². The van der Waals surface area contributed by atoms with Gasteiger partial charge < -0.3 is 4.90 Å². The van der Waals surface area contributed by atoms with Crippen LogP contribution < -0.4 is 0 Å². The molecule has 1 fully saturated rings. The van der Waals surface area contributed by atoms with Crippen LogP contribution in [0.1, 0.15) is 22.3 Å². The molecule has 17 heavy (non-hydrogen) atoms. The highest BCUT2D eigenvalue weighted by atomic mass is 79.9. The summed E-state index contributed by atoms with van der Waals surface area (Å²) in [7, 11) is 0. The van der Waals surface area contributed by atoms with Crippen molar-refractivity contribution in [1.82, 2.24) is 4.90 Å². The van der Waals surface area contributed by atoms with Gasteiger partial charge in [-0.15, -0.1) is 0 Å². The van der Waals surface area contributed by atoms with Crippen molar-refractivity contribution >= 4 is 33.4 Å². The number of amides is 1. The lowest BCUT2D eigenvalue weighted by Gasteiger charge is -2.17. The first-order chi connectivity index (χ1) is 8.11. The summed E-state index contributed by atoms with van der Waals surface area (Å²) in [5.74, 6) is 0.627. The summed E-state index contributed by atoms with van der Waals surface area (Å²) >= 11 is 9.59. The first kappa shape index (κ1) is 12.9. The quantitative estimate of drug-likeness (QED) is 0.765. The molecular weight excluding hydrogens is 302 g/mol. The van der Waals surface area contributed by atoms with E-state index in [0.717, 1.165) is 30.4 Å². The lowest BCUT2D eigenvalue weighted by molar-refractivity contribution is 0.0788.